The first-order chi connectivity index (χ1) is 9.60. The Hall–Kier alpha value is -1.49. The molecule has 20 heavy (non-hydrogen) atoms. The second kappa shape index (κ2) is 8.64. The Morgan fingerprint density at radius 3 is 2.50 bits per heavy atom. The molecule has 5 heteroatoms. The molecule has 0 saturated carbocycles. The summed E-state index contributed by atoms with van der Waals surface area (Å²) < 4.78 is 5.16. The highest BCUT2D eigenvalue weighted by molar-refractivity contribution is 8.13. The van der Waals surface area contributed by atoms with E-state index >= 15 is 0 Å². The molecule has 1 N–H and O–H groups in total. The standard InChI is InChI=1S/C15H22N2O2S/c1-5-11(3)19-15(18)17-13-9-7-12(8-10-13)14(20-4)16-6-2/h7-11H,5-6H2,1-4H3,(H,17,18)/b16-14-. The molecule has 1 unspecified atom stereocenters. The number of nitrogens with one attached hydrogen (secondary N) is 1. The maximum Gasteiger partial charge on any atom is 0.411 e. The number of hydrogen-bond donors (Lipinski definition) is 1. The van der Waals surface area contributed by atoms with Gasteiger partial charge in [-0.05, 0) is 38.7 Å². The van der Waals surface area contributed by atoms with E-state index < -0.39 is 6.09 Å². The van der Waals surface area contributed by atoms with Crippen LogP contribution in [0.3, 0.4) is 0 Å². The molecular formula is C15H22N2O2S. The van der Waals surface area contributed by atoms with Crippen molar-refractivity contribution in [1.82, 2.24) is 0 Å². The molecule has 1 aromatic rings. The van der Waals surface area contributed by atoms with E-state index in [-0.39, 0.29) is 6.10 Å². The van der Waals surface area contributed by atoms with Crippen molar-refractivity contribution in [3.05, 3.63) is 29.8 Å². The molecule has 1 aromatic carbocycles. The summed E-state index contributed by atoms with van der Waals surface area (Å²) in [6.45, 7) is 6.62. The topological polar surface area (TPSA) is 50.7 Å². The van der Waals surface area contributed by atoms with Crippen LogP contribution in [0.25, 0.3) is 0 Å². The molecule has 1 atom stereocenters. The largest absolute Gasteiger partial charge is 0.446 e. The van der Waals surface area contributed by atoms with Crippen molar-refractivity contribution in [2.75, 3.05) is 18.1 Å². The van der Waals surface area contributed by atoms with Gasteiger partial charge in [0.2, 0.25) is 0 Å². The van der Waals surface area contributed by atoms with Crippen LogP contribution in [0.2, 0.25) is 0 Å². The van der Waals surface area contributed by atoms with Crippen LogP contribution in [0.4, 0.5) is 10.5 Å². The van der Waals surface area contributed by atoms with Gasteiger partial charge in [0.05, 0.1) is 5.04 Å². The van der Waals surface area contributed by atoms with Crippen LogP contribution in [-0.4, -0.2) is 30.0 Å². The normalized spacial score (nSPS) is 12.9. The summed E-state index contributed by atoms with van der Waals surface area (Å²) in [4.78, 5) is 16.0. The summed E-state index contributed by atoms with van der Waals surface area (Å²) in [6, 6.07) is 7.61. The van der Waals surface area contributed by atoms with Gasteiger partial charge in [0.15, 0.2) is 0 Å². The highest BCUT2D eigenvalue weighted by Crippen LogP contribution is 2.15. The number of carbonyl (C=O) groups excluding carboxylic acids is 1. The van der Waals surface area contributed by atoms with Gasteiger partial charge in [-0.2, -0.15) is 0 Å². The number of ether oxygens (including phenoxy) is 1. The van der Waals surface area contributed by atoms with Gasteiger partial charge in [-0.15, -0.1) is 11.8 Å². The van der Waals surface area contributed by atoms with Crippen LogP contribution in [0.15, 0.2) is 29.3 Å². The zero-order chi connectivity index (χ0) is 15.0. The van der Waals surface area contributed by atoms with Crippen LogP contribution in [-0.2, 0) is 4.74 Å². The molecule has 0 aliphatic rings. The second-order valence-corrected chi connectivity index (χ2v) is 5.11. The zero-order valence-electron chi connectivity index (χ0n) is 12.5. The van der Waals surface area contributed by atoms with Crippen LogP contribution >= 0.6 is 11.8 Å². The maximum absolute atomic E-state index is 11.6. The number of rotatable bonds is 5. The molecule has 0 fully saturated rings. The van der Waals surface area contributed by atoms with E-state index in [1.54, 1.807) is 11.8 Å². The highest BCUT2D eigenvalue weighted by atomic mass is 32.2. The highest BCUT2D eigenvalue weighted by Gasteiger charge is 2.08. The Bertz CT molecular complexity index is 457. The van der Waals surface area contributed by atoms with Gasteiger partial charge in [0, 0.05) is 17.8 Å². The molecule has 0 bridgehead atoms. The quantitative estimate of drug-likeness (QED) is 0.655. The number of hydrogen-bond acceptors (Lipinski definition) is 4. The summed E-state index contributed by atoms with van der Waals surface area (Å²) in [7, 11) is 0. The lowest BCUT2D eigenvalue weighted by Gasteiger charge is -2.12. The number of anilines is 1. The first-order valence-corrected chi connectivity index (χ1v) is 7.99. The number of carbonyl (C=O) groups is 1. The van der Waals surface area contributed by atoms with Crippen molar-refractivity contribution in [2.24, 2.45) is 4.99 Å². The van der Waals surface area contributed by atoms with Crippen LogP contribution in [0.5, 0.6) is 0 Å². The zero-order valence-corrected chi connectivity index (χ0v) is 13.3. The Morgan fingerprint density at radius 1 is 1.35 bits per heavy atom. The summed E-state index contributed by atoms with van der Waals surface area (Å²) in [6.07, 6.45) is 2.31. The fraction of sp³-hybridized carbons (Fsp3) is 0.467. The summed E-state index contributed by atoms with van der Waals surface area (Å²) in [5, 5.41) is 3.72. The maximum atomic E-state index is 11.6. The first kappa shape index (κ1) is 16.6. The molecule has 4 nitrogen and oxygen atoms in total. The Labute approximate surface area is 125 Å². The van der Waals surface area contributed by atoms with E-state index in [1.165, 1.54) is 0 Å². The SMILES string of the molecule is CC/N=C(\SC)c1ccc(NC(=O)OC(C)CC)cc1. The van der Waals surface area contributed by atoms with Crippen molar-refractivity contribution in [1.29, 1.82) is 0 Å². The van der Waals surface area contributed by atoms with E-state index in [0.29, 0.717) is 0 Å². The van der Waals surface area contributed by atoms with Gasteiger partial charge in [-0.3, -0.25) is 10.3 Å². The number of thioether (sulfide) groups is 1. The monoisotopic (exact) mass is 294 g/mol. The average molecular weight is 294 g/mol. The van der Waals surface area contributed by atoms with Crippen molar-refractivity contribution >= 4 is 28.6 Å². The van der Waals surface area contributed by atoms with Crippen molar-refractivity contribution in [2.45, 2.75) is 33.3 Å². The molecule has 0 heterocycles. The van der Waals surface area contributed by atoms with Crippen molar-refractivity contribution in [3.8, 4) is 0 Å². The van der Waals surface area contributed by atoms with E-state index in [4.69, 9.17) is 4.74 Å². The lowest BCUT2D eigenvalue weighted by molar-refractivity contribution is 0.118. The van der Waals surface area contributed by atoms with Crippen LogP contribution in [0.1, 0.15) is 32.8 Å². The van der Waals surface area contributed by atoms with Crippen LogP contribution < -0.4 is 5.32 Å². The van der Waals surface area contributed by atoms with Gasteiger partial charge in [-0.25, -0.2) is 4.79 Å². The molecule has 0 aromatic heterocycles. The number of benzene rings is 1. The number of amides is 1. The van der Waals surface area contributed by atoms with Gasteiger partial charge in [0.1, 0.15) is 6.10 Å². The molecule has 1 amide bonds. The first-order valence-electron chi connectivity index (χ1n) is 6.77. The fourth-order valence-electron chi connectivity index (χ4n) is 1.53. The van der Waals surface area contributed by atoms with E-state index in [9.17, 15) is 4.79 Å². The average Bonchev–Trinajstić information content (AvgIpc) is 2.45. The van der Waals surface area contributed by atoms with Gasteiger partial charge in [-0.1, -0.05) is 19.1 Å². The molecule has 0 radical (unpaired) electrons. The smallest absolute Gasteiger partial charge is 0.411 e. The lowest BCUT2D eigenvalue weighted by Crippen LogP contribution is -2.19. The third kappa shape index (κ3) is 5.25. The van der Waals surface area contributed by atoms with Crippen molar-refractivity contribution < 1.29 is 9.53 Å². The minimum Gasteiger partial charge on any atom is -0.446 e. The van der Waals surface area contributed by atoms with E-state index in [1.807, 2.05) is 51.3 Å². The molecule has 1 rings (SSSR count). The van der Waals surface area contributed by atoms with Crippen LogP contribution in [0, 0.1) is 0 Å². The van der Waals surface area contributed by atoms with Gasteiger partial charge < -0.3 is 4.74 Å². The Balaban J connectivity index is 2.67. The minimum atomic E-state index is -0.417. The Morgan fingerprint density at radius 2 is 2.00 bits per heavy atom. The lowest BCUT2D eigenvalue weighted by atomic mass is 10.2. The molecule has 0 aliphatic heterocycles. The van der Waals surface area contributed by atoms with Gasteiger partial charge >= 0.3 is 6.09 Å². The minimum absolute atomic E-state index is 0.0749. The van der Waals surface area contributed by atoms with E-state index in [0.717, 1.165) is 29.3 Å². The molecule has 110 valence electrons. The van der Waals surface area contributed by atoms with E-state index in [2.05, 4.69) is 10.3 Å². The molecule has 0 aliphatic carbocycles. The van der Waals surface area contributed by atoms with Crippen molar-refractivity contribution in [3.63, 3.8) is 0 Å². The number of nitrogens with zero attached hydrogens (tertiary/aromatic N) is 1. The predicted molar refractivity (Wildman–Crippen MR) is 86.9 cm³/mol. The summed E-state index contributed by atoms with van der Waals surface area (Å²) in [5.41, 5.74) is 1.78. The summed E-state index contributed by atoms with van der Waals surface area (Å²) >= 11 is 1.62. The number of aliphatic imine (C=N–C) groups is 1. The predicted octanol–water partition coefficient (Wildman–Crippen LogP) is 4.16. The Kier molecular flexibility index (Phi) is 7.15. The molecular weight excluding hydrogens is 272 g/mol. The molecule has 0 spiro atoms. The van der Waals surface area contributed by atoms with Gasteiger partial charge in [0.25, 0.3) is 0 Å². The molecule has 0 saturated heterocycles. The third-order valence-corrected chi connectivity index (χ3v) is 3.51. The fourth-order valence-corrected chi connectivity index (χ4v) is 2.16. The summed E-state index contributed by atoms with van der Waals surface area (Å²) in [5.74, 6) is 0. The second-order valence-electron chi connectivity index (χ2n) is 4.31. The third-order valence-electron chi connectivity index (χ3n) is 2.76.